The highest BCUT2D eigenvalue weighted by Crippen LogP contribution is 2.23. The molecular formula is C16H14ClF3N2O3S. The van der Waals surface area contributed by atoms with Crippen LogP contribution in [0.5, 0.6) is 0 Å². The number of rotatable bonds is 6. The van der Waals surface area contributed by atoms with Crippen LogP contribution in [0.4, 0.5) is 13.2 Å². The molecule has 1 amide bonds. The third-order valence-electron chi connectivity index (χ3n) is 3.24. The summed E-state index contributed by atoms with van der Waals surface area (Å²) in [4.78, 5) is 11.4. The van der Waals surface area contributed by atoms with Crippen molar-refractivity contribution < 1.29 is 26.4 Å². The number of sulfonamides is 1. The van der Waals surface area contributed by atoms with E-state index < -0.39 is 33.5 Å². The molecule has 2 aromatic carbocycles. The predicted octanol–water partition coefficient (Wildman–Crippen LogP) is 3.11. The van der Waals surface area contributed by atoms with Gasteiger partial charge in [0.1, 0.15) is 11.4 Å². The van der Waals surface area contributed by atoms with Gasteiger partial charge in [-0.2, -0.15) is 13.2 Å². The van der Waals surface area contributed by atoms with Crippen molar-refractivity contribution in [1.82, 2.24) is 10.0 Å². The highest BCUT2D eigenvalue weighted by molar-refractivity contribution is 7.89. The zero-order chi connectivity index (χ0) is 19.4. The molecule has 0 aliphatic rings. The Labute approximate surface area is 153 Å². The number of carbonyl (C=O) groups is 1. The molecular weight excluding hydrogens is 393 g/mol. The molecule has 0 unspecified atom stereocenters. The first kappa shape index (κ1) is 20.2. The Balaban J connectivity index is 2.18. The first-order chi connectivity index (χ1) is 12.1. The molecule has 0 saturated carbocycles. The smallest absolute Gasteiger partial charge is 0.343 e. The molecule has 2 aromatic rings. The Kier molecular flexibility index (Phi) is 6.27. The fourth-order valence-corrected chi connectivity index (χ4v) is 3.53. The number of carbonyl (C=O) groups excluding carboxylic acids is 1. The number of benzene rings is 2. The maximum Gasteiger partial charge on any atom is 0.405 e. The number of hydrogen-bond donors (Lipinski definition) is 2. The van der Waals surface area contributed by atoms with Crippen molar-refractivity contribution in [2.75, 3.05) is 6.54 Å². The molecule has 140 valence electrons. The molecule has 26 heavy (non-hydrogen) atoms. The van der Waals surface area contributed by atoms with Crippen molar-refractivity contribution in [2.45, 2.75) is 17.6 Å². The molecule has 0 fully saturated rings. The Morgan fingerprint density at radius 1 is 1.08 bits per heavy atom. The summed E-state index contributed by atoms with van der Waals surface area (Å²) < 4.78 is 63.7. The summed E-state index contributed by atoms with van der Waals surface area (Å²) >= 11 is 5.89. The fourth-order valence-electron chi connectivity index (χ4n) is 1.99. The van der Waals surface area contributed by atoms with Crippen molar-refractivity contribution in [1.29, 1.82) is 0 Å². The summed E-state index contributed by atoms with van der Waals surface area (Å²) in [6, 6.07) is 11.9. The van der Waals surface area contributed by atoms with Crippen LogP contribution < -0.4 is 10.0 Å². The zero-order valence-corrected chi connectivity index (χ0v) is 14.8. The van der Waals surface area contributed by atoms with Gasteiger partial charge in [-0.05, 0) is 23.8 Å². The first-order valence-electron chi connectivity index (χ1n) is 7.26. The van der Waals surface area contributed by atoms with Gasteiger partial charge >= 0.3 is 6.18 Å². The lowest BCUT2D eigenvalue weighted by Gasteiger charge is -2.11. The highest BCUT2D eigenvalue weighted by atomic mass is 35.5. The number of hydrogen-bond acceptors (Lipinski definition) is 3. The van der Waals surface area contributed by atoms with Gasteiger partial charge in [0.15, 0.2) is 0 Å². The van der Waals surface area contributed by atoms with Crippen molar-refractivity contribution in [3.8, 4) is 0 Å². The number of halogens is 4. The monoisotopic (exact) mass is 406 g/mol. The van der Waals surface area contributed by atoms with Crippen LogP contribution in [0.25, 0.3) is 0 Å². The molecule has 2 N–H and O–H groups in total. The van der Waals surface area contributed by atoms with Crippen LogP contribution in [0, 0.1) is 0 Å². The molecule has 10 heteroatoms. The minimum atomic E-state index is -4.58. The summed E-state index contributed by atoms with van der Waals surface area (Å²) in [6.45, 7) is -1.53. The van der Waals surface area contributed by atoms with Crippen molar-refractivity contribution in [3.63, 3.8) is 0 Å². The van der Waals surface area contributed by atoms with Gasteiger partial charge in [0.05, 0.1) is 5.02 Å². The van der Waals surface area contributed by atoms with E-state index in [1.165, 1.54) is 0 Å². The Morgan fingerprint density at radius 2 is 1.73 bits per heavy atom. The van der Waals surface area contributed by atoms with Gasteiger partial charge < -0.3 is 5.32 Å². The van der Waals surface area contributed by atoms with E-state index in [1.54, 1.807) is 35.6 Å². The van der Waals surface area contributed by atoms with E-state index in [2.05, 4.69) is 4.72 Å². The molecule has 0 saturated heterocycles. The topological polar surface area (TPSA) is 75.3 Å². The summed E-state index contributed by atoms with van der Waals surface area (Å²) in [5, 5.41) is 1.52. The SMILES string of the molecule is O=C(NCC(F)(F)F)c1ccc(Cl)c(S(=O)(=O)NCc2ccccc2)c1. The van der Waals surface area contributed by atoms with E-state index in [0.717, 1.165) is 18.2 Å². The maximum absolute atomic E-state index is 12.4. The standard InChI is InChI=1S/C16H14ClF3N2O3S/c17-13-7-6-12(15(23)21-10-16(18,19)20)8-14(13)26(24,25)22-9-11-4-2-1-3-5-11/h1-8,22H,9-10H2,(H,21,23). The molecule has 0 aliphatic heterocycles. The second-order valence-corrected chi connectivity index (χ2v) is 7.40. The molecule has 0 atom stereocenters. The Morgan fingerprint density at radius 3 is 2.35 bits per heavy atom. The van der Waals surface area contributed by atoms with Crippen LogP contribution in [-0.4, -0.2) is 27.0 Å². The molecule has 0 heterocycles. The summed E-state index contributed by atoms with van der Waals surface area (Å²) in [5.74, 6) is -1.06. The molecule has 2 rings (SSSR count). The summed E-state index contributed by atoms with van der Waals surface area (Å²) in [7, 11) is -4.07. The lowest BCUT2D eigenvalue weighted by atomic mass is 10.2. The van der Waals surface area contributed by atoms with Gasteiger partial charge in [-0.1, -0.05) is 41.9 Å². The van der Waals surface area contributed by atoms with Crippen LogP contribution in [0.1, 0.15) is 15.9 Å². The van der Waals surface area contributed by atoms with E-state index in [9.17, 15) is 26.4 Å². The van der Waals surface area contributed by atoms with Gasteiger partial charge in [0, 0.05) is 12.1 Å². The first-order valence-corrected chi connectivity index (χ1v) is 9.13. The molecule has 5 nitrogen and oxygen atoms in total. The van der Waals surface area contributed by atoms with Gasteiger partial charge in [-0.15, -0.1) is 0 Å². The second-order valence-electron chi connectivity index (χ2n) is 5.25. The van der Waals surface area contributed by atoms with Crippen molar-refractivity contribution in [2.24, 2.45) is 0 Å². The number of alkyl halides is 3. The van der Waals surface area contributed by atoms with Gasteiger partial charge in [-0.25, -0.2) is 13.1 Å². The van der Waals surface area contributed by atoms with Crippen LogP contribution in [-0.2, 0) is 16.6 Å². The van der Waals surface area contributed by atoms with E-state index in [-0.39, 0.29) is 17.1 Å². The van der Waals surface area contributed by atoms with Crippen LogP contribution >= 0.6 is 11.6 Å². The van der Waals surface area contributed by atoms with Crippen molar-refractivity contribution in [3.05, 3.63) is 64.7 Å². The normalized spacial score (nSPS) is 12.0. The molecule has 0 aliphatic carbocycles. The van der Waals surface area contributed by atoms with Crippen LogP contribution in [0.3, 0.4) is 0 Å². The lowest BCUT2D eigenvalue weighted by molar-refractivity contribution is -0.123. The summed E-state index contributed by atoms with van der Waals surface area (Å²) in [6.07, 6.45) is -4.58. The Hall–Kier alpha value is -2.10. The quantitative estimate of drug-likeness (QED) is 0.774. The third kappa shape index (κ3) is 5.72. The lowest BCUT2D eigenvalue weighted by Crippen LogP contribution is -2.33. The van der Waals surface area contributed by atoms with Crippen LogP contribution in [0.15, 0.2) is 53.4 Å². The maximum atomic E-state index is 12.4. The number of amides is 1. The largest absolute Gasteiger partial charge is 0.405 e. The number of nitrogens with one attached hydrogen (secondary N) is 2. The molecule has 0 bridgehead atoms. The Bertz CT molecular complexity index is 887. The van der Waals surface area contributed by atoms with Crippen molar-refractivity contribution >= 4 is 27.5 Å². The minimum Gasteiger partial charge on any atom is -0.343 e. The fraction of sp³-hybridized carbons (Fsp3) is 0.188. The highest BCUT2D eigenvalue weighted by Gasteiger charge is 2.28. The molecule has 0 radical (unpaired) electrons. The minimum absolute atomic E-state index is 0.00992. The second kappa shape index (κ2) is 8.07. The zero-order valence-electron chi connectivity index (χ0n) is 13.2. The average molecular weight is 407 g/mol. The van der Waals surface area contributed by atoms with Crippen LogP contribution in [0.2, 0.25) is 5.02 Å². The molecule has 0 spiro atoms. The predicted molar refractivity (Wildman–Crippen MR) is 90.3 cm³/mol. The van der Waals surface area contributed by atoms with E-state index in [1.807, 2.05) is 0 Å². The van der Waals surface area contributed by atoms with E-state index >= 15 is 0 Å². The average Bonchev–Trinajstić information content (AvgIpc) is 2.58. The van der Waals surface area contributed by atoms with E-state index in [0.29, 0.717) is 5.56 Å². The third-order valence-corrected chi connectivity index (χ3v) is 5.12. The summed E-state index contributed by atoms with van der Waals surface area (Å²) in [5.41, 5.74) is 0.449. The van der Waals surface area contributed by atoms with Gasteiger partial charge in [-0.3, -0.25) is 4.79 Å². The van der Waals surface area contributed by atoms with Gasteiger partial charge in [0.2, 0.25) is 10.0 Å². The molecule has 0 aromatic heterocycles. The van der Waals surface area contributed by atoms with Gasteiger partial charge in [0.25, 0.3) is 5.91 Å². The van der Waals surface area contributed by atoms with E-state index in [4.69, 9.17) is 11.6 Å².